The Hall–Kier alpha value is -3.40. The van der Waals surface area contributed by atoms with Crippen molar-refractivity contribution in [3.63, 3.8) is 0 Å². The molecule has 2 aliphatic heterocycles. The Kier molecular flexibility index (Phi) is 6.94. The standard InChI is InChI=1S/C27H28Cl2N6O3/c1-27(2)19-9-8-17(12-16(19)10-11-35(27)22(36)14-33(3)4)31-26-30-13-18-24(32-26)38-15-34(25(18)37)23-20(28)6-5-7-21(23)29/h5-9,12-13H,10-11,14-15H2,1-4H3,(H,30,31,32). The monoisotopic (exact) mass is 554 g/mol. The van der Waals surface area contributed by atoms with Crippen molar-refractivity contribution < 1.29 is 14.3 Å². The predicted molar refractivity (Wildman–Crippen MR) is 148 cm³/mol. The number of amides is 2. The van der Waals surface area contributed by atoms with E-state index >= 15 is 0 Å². The average molecular weight is 555 g/mol. The Balaban J connectivity index is 1.35. The fraction of sp³-hybridized carbons (Fsp3) is 0.333. The van der Waals surface area contributed by atoms with Gasteiger partial charge in [-0.15, -0.1) is 0 Å². The molecule has 0 spiro atoms. The van der Waals surface area contributed by atoms with Crippen molar-refractivity contribution in [1.82, 2.24) is 19.8 Å². The molecule has 0 unspecified atom stereocenters. The number of carbonyl (C=O) groups excluding carboxylic acids is 2. The maximum Gasteiger partial charge on any atom is 0.268 e. The molecule has 3 heterocycles. The molecule has 1 aromatic heterocycles. The topological polar surface area (TPSA) is 90.9 Å². The Morgan fingerprint density at radius 1 is 1.18 bits per heavy atom. The number of fused-ring (bicyclic) bond motifs is 2. The fourth-order valence-electron chi connectivity index (χ4n) is 4.98. The first-order chi connectivity index (χ1) is 18.1. The summed E-state index contributed by atoms with van der Waals surface area (Å²) in [5.41, 5.74) is 3.25. The van der Waals surface area contributed by atoms with Crippen LogP contribution in [-0.2, 0) is 16.8 Å². The van der Waals surface area contributed by atoms with Gasteiger partial charge in [0.1, 0.15) is 5.56 Å². The molecule has 0 atom stereocenters. The minimum absolute atomic E-state index is 0.0806. The SMILES string of the molecule is CN(C)CC(=O)N1CCc2cc(Nc3ncc4c(n3)OCN(c3c(Cl)cccc3Cl)C4=O)ccc2C1(C)C. The lowest BCUT2D eigenvalue weighted by Crippen LogP contribution is -2.52. The van der Waals surface area contributed by atoms with Crippen LogP contribution in [0.25, 0.3) is 0 Å². The number of hydrogen-bond acceptors (Lipinski definition) is 7. The highest BCUT2D eigenvalue weighted by Crippen LogP contribution is 2.38. The lowest BCUT2D eigenvalue weighted by molar-refractivity contribution is -0.138. The maximum absolute atomic E-state index is 13.1. The van der Waals surface area contributed by atoms with E-state index in [2.05, 4.69) is 35.2 Å². The largest absolute Gasteiger partial charge is 0.455 e. The van der Waals surface area contributed by atoms with Gasteiger partial charge in [-0.3, -0.25) is 14.5 Å². The van der Waals surface area contributed by atoms with Crippen LogP contribution in [0.1, 0.15) is 35.3 Å². The highest BCUT2D eigenvalue weighted by atomic mass is 35.5. The van der Waals surface area contributed by atoms with Gasteiger partial charge in [0.05, 0.1) is 27.8 Å². The molecule has 2 aromatic carbocycles. The molecular weight excluding hydrogens is 527 g/mol. The number of benzene rings is 2. The van der Waals surface area contributed by atoms with Crippen molar-refractivity contribution in [1.29, 1.82) is 0 Å². The number of anilines is 3. The van der Waals surface area contributed by atoms with Gasteiger partial charge in [0.25, 0.3) is 5.91 Å². The number of nitrogens with one attached hydrogen (secondary N) is 1. The van der Waals surface area contributed by atoms with Gasteiger partial charge in [0.2, 0.25) is 17.7 Å². The van der Waals surface area contributed by atoms with Crippen LogP contribution in [0.2, 0.25) is 10.0 Å². The Bertz CT molecular complexity index is 1410. The molecule has 1 N–H and O–H groups in total. The molecule has 11 heteroatoms. The lowest BCUT2D eigenvalue weighted by atomic mass is 9.83. The van der Waals surface area contributed by atoms with Gasteiger partial charge < -0.3 is 19.9 Å². The van der Waals surface area contributed by atoms with Crippen molar-refractivity contribution in [2.75, 3.05) is 44.1 Å². The van der Waals surface area contributed by atoms with Gasteiger partial charge in [-0.2, -0.15) is 4.98 Å². The molecule has 0 saturated heterocycles. The number of halogens is 2. The van der Waals surface area contributed by atoms with E-state index in [-0.39, 0.29) is 30.0 Å². The smallest absolute Gasteiger partial charge is 0.268 e. The van der Waals surface area contributed by atoms with Gasteiger partial charge in [-0.05, 0) is 69.8 Å². The second-order valence-corrected chi connectivity index (χ2v) is 10.9. The van der Waals surface area contributed by atoms with Crippen molar-refractivity contribution in [2.45, 2.75) is 25.8 Å². The third-order valence-electron chi connectivity index (χ3n) is 6.82. The molecule has 5 rings (SSSR count). The zero-order chi connectivity index (χ0) is 27.2. The summed E-state index contributed by atoms with van der Waals surface area (Å²) in [6.45, 7) is 5.09. The van der Waals surface area contributed by atoms with Crippen LogP contribution in [0.15, 0.2) is 42.6 Å². The lowest BCUT2D eigenvalue weighted by Gasteiger charge is -2.44. The maximum atomic E-state index is 13.1. The molecule has 2 aliphatic rings. The molecular formula is C27H28Cl2N6O3. The summed E-state index contributed by atoms with van der Waals surface area (Å²) >= 11 is 12.6. The van der Waals surface area contributed by atoms with Gasteiger partial charge in [0.15, 0.2) is 6.73 Å². The normalized spacial score (nSPS) is 16.1. The number of hydrogen-bond donors (Lipinski definition) is 1. The zero-order valence-electron chi connectivity index (χ0n) is 21.6. The molecule has 0 bridgehead atoms. The minimum Gasteiger partial charge on any atom is -0.455 e. The average Bonchev–Trinajstić information content (AvgIpc) is 2.84. The second-order valence-electron chi connectivity index (χ2n) is 10.1. The minimum atomic E-state index is -0.424. The van der Waals surface area contributed by atoms with Crippen molar-refractivity contribution in [2.24, 2.45) is 0 Å². The number of carbonyl (C=O) groups is 2. The number of aromatic nitrogens is 2. The van der Waals surface area contributed by atoms with E-state index in [0.29, 0.717) is 34.8 Å². The summed E-state index contributed by atoms with van der Waals surface area (Å²) < 4.78 is 5.78. The Morgan fingerprint density at radius 2 is 1.92 bits per heavy atom. The molecule has 38 heavy (non-hydrogen) atoms. The van der Waals surface area contributed by atoms with E-state index in [4.69, 9.17) is 27.9 Å². The van der Waals surface area contributed by atoms with Crippen LogP contribution < -0.4 is 15.0 Å². The summed E-state index contributed by atoms with van der Waals surface area (Å²) in [5, 5.41) is 3.90. The summed E-state index contributed by atoms with van der Waals surface area (Å²) in [4.78, 5) is 39.9. The molecule has 9 nitrogen and oxygen atoms in total. The third-order valence-corrected chi connectivity index (χ3v) is 7.43. The molecule has 3 aromatic rings. The van der Waals surface area contributed by atoms with E-state index in [1.807, 2.05) is 36.0 Å². The molecule has 0 saturated carbocycles. The van der Waals surface area contributed by atoms with Crippen LogP contribution in [0.4, 0.5) is 17.3 Å². The summed E-state index contributed by atoms with van der Waals surface area (Å²) in [7, 11) is 3.80. The molecule has 0 fully saturated rings. The Labute approximate surface area is 231 Å². The number of rotatable bonds is 5. The van der Waals surface area contributed by atoms with Gasteiger partial charge in [0, 0.05) is 18.4 Å². The van der Waals surface area contributed by atoms with Crippen molar-refractivity contribution in [3.05, 3.63) is 69.3 Å². The van der Waals surface area contributed by atoms with Gasteiger partial charge in [-0.25, -0.2) is 4.98 Å². The van der Waals surface area contributed by atoms with Crippen LogP contribution >= 0.6 is 23.2 Å². The van der Waals surface area contributed by atoms with Crippen LogP contribution in [0.5, 0.6) is 5.88 Å². The summed E-state index contributed by atoms with van der Waals surface area (Å²) in [5.74, 6) is 0.247. The van der Waals surface area contributed by atoms with Gasteiger partial charge >= 0.3 is 0 Å². The second kappa shape index (κ2) is 10.1. The molecule has 2 amide bonds. The summed E-state index contributed by atoms with van der Waals surface area (Å²) in [6.07, 6.45) is 2.18. The van der Waals surface area contributed by atoms with E-state index in [1.165, 1.54) is 11.1 Å². The first kappa shape index (κ1) is 26.2. The van der Waals surface area contributed by atoms with Crippen LogP contribution in [0.3, 0.4) is 0 Å². The number of likely N-dealkylation sites (N-methyl/N-ethyl adjacent to an activating group) is 1. The zero-order valence-corrected chi connectivity index (χ0v) is 23.1. The predicted octanol–water partition coefficient (Wildman–Crippen LogP) is 4.71. The third kappa shape index (κ3) is 4.77. The first-order valence-electron chi connectivity index (χ1n) is 12.2. The van der Waals surface area contributed by atoms with E-state index < -0.39 is 5.54 Å². The molecule has 0 aliphatic carbocycles. The Morgan fingerprint density at radius 3 is 2.63 bits per heavy atom. The van der Waals surface area contributed by atoms with Crippen molar-refractivity contribution in [3.8, 4) is 5.88 Å². The quantitative estimate of drug-likeness (QED) is 0.488. The number of nitrogens with zero attached hydrogens (tertiary/aromatic N) is 5. The first-order valence-corrected chi connectivity index (χ1v) is 12.9. The van der Waals surface area contributed by atoms with Crippen molar-refractivity contribution >= 4 is 52.3 Å². The van der Waals surface area contributed by atoms with E-state index in [9.17, 15) is 9.59 Å². The van der Waals surface area contributed by atoms with E-state index in [0.717, 1.165) is 23.2 Å². The molecule has 0 radical (unpaired) electrons. The fourth-order valence-corrected chi connectivity index (χ4v) is 5.58. The highest BCUT2D eigenvalue weighted by molar-refractivity contribution is 6.40. The van der Waals surface area contributed by atoms with Crippen LogP contribution in [-0.4, -0.2) is 65.5 Å². The van der Waals surface area contributed by atoms with Gasteiger partial charge in [-0.1, -0.05) is 35.3 Å². The molecule has 198 valence electrons. The highest BCUT2D eigenvalue weighted by Gasteiger charge is 2.37. The summed E-state index contributed by atoms with van der Waals surface area (Å²) in [6, 6.07) is 11.1. The number of ether oxygens (including phenoxy) is 1. The number of para-hydroxylation sites is 1. The van der Waals surface area contributed by atoms with Crippen LogP contribution in [0, 0.1) is 0 Å². The van der Waals surface area contributed by atoms with E-state index in [1.54, 1.807) is 18.2 Å².